The number of amides is 2. The number of nitrogens with zero attached hydrogens (tertiary/aromatic N) is 5. The molecule has 2 aromatic carbocycles. The van der Waals surface area contributed by atoms with Crippen LogP contribution in [0.25, 0.3) is 0 Å². The van der Waals surface area contributed by atoms with Gasteiger partial charge in [0.05, 0.1) is 30.7 Å². The van der Waals surface area contributed by atoms with Crippen LogP contribution in [-0.4, -0.2) is 70.5 Å². The first-order valence-corrected chi connectivity index (χ1v) is 12.2. The normalized spacial score (nSPS) is 13.6. The Balaban J connectivity index is 1.27. The summed E-state index contributed by atoms with van der Waals surface area (Å²) in [4.78, 5) is 28.9. The molecule has 1 saturated heterocycles. The fraction of sp³-hybridized carbons (Fsp3) is 0.333. The molecule has 1 fully saturated rings. The zero-order chi connectivity index (χ0) is 24.8. The summed E-state index contributed by atoms with van der Waals surface area (Å²) in [5.41, 5.74) is 1.15. The van der Waals surface area contributed by atoms with Gasteiger partial charge in [-0.3, -0.25) is 9.59 Å². The van der Waals surface area contributed by atoms with E-state index in [2.05, 4.69) is 15.5 Å². The lowest BCUT2D eigenvalue weighted by Gasteiger charge is -2.36. The molecule has 1 aromatic heterocycles. The Morgan fingerprint density at radius 2 is 1.77 bits per heavy atom. The first-order chi connectivity index (χ1) is 17.0. The van der Waals surface area contributed by atoms with E-state index in [1.807, 2.05) is 23.1 Å². The number of aromatic nitrogens is 3. The maximum atomic E-state index is 14.0. The molecule has 1 aliphatic heterocycles. The van der Waals surface area contributed by atoms with E-state index in [0.717, 1.165) is 0 Å². The Bertz CT molecular complexity index is 1200. The molecule has 3 aromatic rings. The smallest absolute Gasteiger partial charge is 0.233 e. The van der Waals surface area contributed by atoms with E-state index in [1.165, 1.54) is 17.8 Å². The lowest BCUT2D eigenvalue weighted by Crippen LogP contribution is -2.49. The average Bonchev–Trinajstić information content (AvgIpc) is 3.22. The second kappa shape index (κ2) is 11.2. The number of carbonyl (C=O) groups is 2. The van der Waals surface area contributed by atoms with Gasteiger partial charge in [-0.05, 0) is 24.3 Å². The van der Waals surface area contributed by atoms with E-state index in [1.54, 1.807) is 47.9 Å². The summed E-state index contributed by atoms with van der Waals surface area (Å²) in [6, 6.07) is 13.8. The van der Waals surface area contributed by atoms with Crippen LogP contribution in [0.15, 0.2) is 53.7 Å². The SMILES string of the molecule is COc1ccccc1NC(=O)Cc1nnc(SCC(=O)N2CCN(c3ccccc3F)CC2)n1C. The van der Waals surface area contributed by atoms with E-state index in [-0.39, 0.29) is 29.8 Å². The number of piperazine rings is 1. The molecular weight excluding hydrogens is 471 g/mol. The molecule has 0 saturated carbocycles. The number of ether oxygens (including phenoxy) is 1. The summed E-state index contributed by atoms with van der Waals surface area (Å²) in [6.45, 7) is 2.21. The molecule has 0 atom stereocenters. The molecule has 1 aliphatic rings. The number of hydrogen-bond donors (Lipinski definition) is 1. The molecule has 4 rings (SSSR count). The van der Waals surface area contributed by atoms with Gasteiger partial charge < -0.3 is 24.4 Å². The van der Waals surface area contributed by atoms with Gasteiger partial charge in [0.2, 0.25) is 11.8 Å². The van der Waals surface area contributed by atoms with Crippen LogP contribution in [-0.2, 0) is 23.1 Å². The first-order valence-electron chi connectivity index (χ1n) is 11.2. The van der Waals surface area contributed by atoms with Crippen LogP contribution in [0.3, 0.4) is 0 Å². The summed E-state index contributed by atoms with van der Waals surface area (Å²) in [5, 5.41) is 11.6. The molecule has 2 heterocycles. The zero-order valence-corrected chi connectivity index (χ0v) is 20.4. The first kappa shape index (κ1) is 24.5. The number of para-hydroxylation sites is 3. The van der Waals surface area contributed by atoms with Crippen molar-refractivity contribution in [2.75, 3.05) is 49.3 Å². The molecule has 35 heavy (non-hydrogen) atoms. The van der Waals surface area contributed by atoms with Crippen LogP contribution in [0, 0.1) is 5.82 Å². The number of anilines is 2. The minimum atomic E-state index is -0.252. The third kappa shape index (κ3) is 5.91. The topological polar surface area (TPSA) is 92.6 Å². The molecule has 0 bridgehead atoms. The quantitative estimate of drug-likeness (QED) is 0.477. The van der Waals surface area contributed by atoms with Crippen LogP contribution < -0.4 is 15.0 Å². The van der Waals surface area contributed by atoms with E-state index < -0.39 is 0 Å². The van der Waals surface area contributed by atoms with Crippen molar-refractivity contribution in [1.82, 2.24) is 19.7 Å². The van der Waals surface area contributed by atoms with E-state index in [9.17, 15) is 14.0 Å². The second-order valence-electron chi connectivity index (χ2n) is 7.99. The molecule has 0 aliphatic carbocycles. The summed E-state index contributed by atoms with van der Waals surface area (Å²) in [6.07, 6.45) is 0.0358. The summed E-state index contributed by atoms with van der Waals surface area (Å²) in [5.74, 6) is 0.762. The number of carbonyl (C=O) groups excluding carboxylic acids is 2. The van der Waals surface area contributed by atoms with E-state index in [4.69, 9.17) is 4.74 Å². The predicted molar refractivity (Wildman–Crippen MR) is 132 cm³/mol. The second-order valence-corrected chi connectivity index (χ2v) is 8.93. The Morgan fingerprint density at radius 1 is 1.06 bits per heavy atom. The molecule has 0 spiro atoms. The van der Waals surface area contributed by atoms with Crippen molar-refractivity contribution in [2.45, 2.75) is 11.6 Å². The monoisotopic (exact) mass is 498 g/mol. The Kier molecular flexibility index (Phi) is 7.86. The highest BCUT2D eigenvalue weighted by Crippen LogP contribution is 2.24. The highest BCUT2D eigenvalue weighted by Gasteiger charge is 2.23. The van der Waals surface area contributed by atoms with Crippen molar-refractivity contribution in [2.24, 2.45) is 7.05 Å². The van der Waals surface area contributed by atoms with E-state index in [0.29, 0.717) is 54.3 Å². The van der Waals surface area contributed by atoms with Gasteiger partial charge in [0, 0.05) is 33.2 Å². The summed E-state index contributed by atoms with van der Waals surface area (Å²) >= 11 is 1.28. The minimum Gasteiger partial charge on any atom is -0.495 e. The molecule has 0 radical (unpaired) electrons. The Hall–Kier alpha value is -3.60. The zero-order valence-electron chi connectivity index (χ0n) is 19.6. The number of halogens is 1. The van der Waals surface area contributed by atoms with Gasteiger partial charge in [0.25, 0.3) is 0 Å². The largest absolute Gasteiger partial charge is 0.495 e. The van der Waals surface area contributed by atoms with Crippen LogP contribution in [0.2, 0.25) is 0 Å². The van der Waals surface area contributed by atoms with Crippen LogP contribution in [0.1, 0.15) is 5.82 Å². The van der Waals surface area contributed by atoms with Crippen molar-refractivity contribution in [3.8, 4) is 5.75 Å². The number of nitrogens with one attached hydrogen (secondary N) is 1. The minimum absolute atomic E-state index is 0.0124. The summed E-state index contributed by atoms with van der Waals surface area (Å²) < 4.78 is 21.0. The lowest BCUT2D eigenvalue weighted by atomic mass is 10.2. The fourth-order valence-electron chi connectivity index (χ4n) is 3.83. The van der Waals surface area contributed by atoms with Gasteiger partial charge in [0.15, 0.2) is 5.16 Å². The van der Waals surface area contributed by atoms with Crippen molar-refractivity contribution in [1.29, 1.82) is 0 Å². The van der Waals surface area contributed by atoms with Gasteiger partial charge in [-0.15, -0.1) is 10.2 Å². The summed E-state index contributed by atoms with van der Waals surface area (Å²) in [7, 11) is 3.31. The van der Waals surface area contributed by atoms with Crippen molar-refractivity contribution in [3.05, 3.63) is 60.2 Å². The van der Waals surface area contributed by atoms with Gasteiger partial charge in [0.1, 0.15) is 17.4 Å². The Morgan fingerprint density at radius 3 is 2.51 bits per heavy atom. The average molecular weight is 499 g/mol. The van der Waals surface area contributed by atoms with Gasteiger partial charge in [-0.25, -0.2) is 4.39 Å². The third-order valence-corrected chi connectivity index (χ3v) is 6.78. The number of methoxy groups -OCH3 is 1. The molecular formula is C24H27FN6O3S. The maximum Gasteiger partial charge on any atom is 0.233 e. The highest BCUT2D eigenvalue weighted by atomic mass is 32.2. The van der Waals surface area contributed by atoms with Gasteiger partial charge >= 0.3 is 0 Å². The van der Waals surface area contributed by atoms with Crippen molar-refractivity contribution < 1.29 is 18.7 Å². The number of thioether (sulfide) groups is 1. The molecule has 11 heteroatoms. The molecule has 184 valence electrons. The maximum absolute atomic E-state index is 14.0. The third-order valence-electron chi connectivity index (χ3n) is 5.78. The Labute approximate surface area is 207 Å². The highest BCUT2D eigenvalue weighted by molar-refractivity contribution is 7.99. The molecule has 2 amide bonds. The number of benzene rings is 2. The molecule has 1 N–H and O–H groups in total. The predicted octanol–water partition coefficient (Wildman–Crippen LogP) is 2.58. The van der Waals surface area contributed by atoms with E-state index >= 15 is 0 Å². The number of hydrogen-bond acceptors (Lipinski definition) is 7. The van der Waals surface area contributed by atoms with Crippen molar-refractivity contribution in [3.63, 3.8) is 0 Å². The number of rotatable bonds is 8. The molecule has 9 nitrogen and oxygen atoms in total. The standard InChI is InChI=1S/C24H27FN6O3S/c1-29-21(15-22(32)26-18-8-4-6-10-20(18)34-2)27-28-24(29)35-16-23(33)31-13-11-30(12-14-31)19-9-5-3-7-17(19)25/h3-10H,11-16H2,1-2H3,(H,26,32). The fourth-order valence-corrected chi connectivity index (χ4v) is 4.67. The lowest BCUT2D eigenvalue weighted by molar-refractivity contribution is -0.128. The van der Waals surface area contributed by atoms with Crippen molar-refractivity contribution >= 4 is 35.0 Å². The van der Waals surface area contributed by atoms with Crippen LogP contribution in [0.5, 0.6) is 5.75 Å². The van der Waals surface area contributed by atoms with Gasteiger partial charge in [-0.2, -0.15) is 0 Å². The molecule has 0 unspecified atom stereocenters. The van der Waals surface area contributed by atoms with Crippen LogP contribution in [0.4, 0.5) is 15.8 Å². The van der Waals surface area contributed by atoms with Gasteiger partial charge in [-0.1, -0.05) is 36.0 Å². The van der Waals surface area contributed by atoms with Crippen LogP contribution >= 0.6 is 11.8 Å².